The monoisotopic (exact) mass is 285 g/mol. The Hall–Kier alpha value is -1.81. The summed E-state index contributed by atoms with van der Waals surface area (Å²) in [4.78, 5) is 5.18. The van der Waals surface area contributed by atoms with E-state index in [9.17, 15) is 4.39 Å². The number of fused-ring (bicyclic) bond motifs is 4. The Bertz CT molecular complexity index is 754. The van der Waals surface area contributed by atoms with E-state index in [4.69, 9.17) is 4.74 Å². The third-order valence-electron chi connectivity index (χ3n) is 3.86. The van der Waals surface area contributed by atoms with Gasteiger partial charge < -0.3 is 4.74 Å². The molecule has 0 atom stereocenters. The van der Waals surface area contributed by atoms with E-state index in [2.05, 4.69) is 17.1 Å². The summed E-state index contributed by atoms with van der Waals surface area (Å²) in [6.45, 7) is 0. The number of pyridine rings is 1. The smallest absolute Gasteiger partial charge is 0.213 e. The molecule has 0 radical (unpaired) electrons. The number of thioether (sulfide) groups is 1. The van der Waals surface area contributed by atoms with Crippen LogP contribution in [0.2, 0.25) is 0 Å². The largest absolute Gasteiger partial charge is 0.497 e. The average Bonchev–Trinajstić information content (AvgIpc) is 2.85. The first kappa shape index (κ1) is 12.0. The van der Waals surface area contributed by atoms with Gasteiger partial charge in [-0.2, -0.15) is 4.39 Å². The first-order chi connectivity index (χ1) is 9.76. The molecule has 1 aliphatic carbocycles. The van der Waals surface area contributed by atoms with Crippen molar-refractivity contribution >= 4 is 22.9 Å². The Labute approximate surface area is 120 Å². The molecule has 0 saturated carbocycles. The molecule has 0 bridgehead atoms. The highest BCUT2D eigenvalue weighted by atomic mass is 32.2. The molecule has 0 N–H and O–H groups in total. The predicted molar refractivity (Wildman–Crippen MR) is 78.4 cm³/mol. The standard InChI is InChI=1S/C16H12FNOS/c1-19-10-3-2-9-6-12-13(11(9)7-10)8-20-14-4-5-15(17)18-16(12)14/h2-5,7H,6,8H2,1H3. The lowest BCUT2D eigenvalue weighted by molar-refractivity contribution is 0.414. The Morgan fingerprint density at radius 3 is 2.95 bits per heavy atom. The Morgan fingerprint density at radius 1 is 1.20 bits per heavy atom. The molecule has 2 aromatic rings. The molecule has 0 fully saturated rings. The second kappa shape index (κ2) is 4.35. The molecular weight excluding hydrogens is 273 g/mol. The van der Waals surface area contributed by atoms with Gasteiger partial charge in [-0.25, -0.2) is 4.98 Å². The number of hydrogen-bond acceptors (Lipinski definition) is 3. The normalized spacial score (nSPS) is 15.7. The van der Waals surface area contributed by atoms with Gasteiger partial charge in [-0.15, -0.1) is 11.8 Å². The number of allylic oxidation sites excluding steroid dienone is 1. The van der Waals surface area contributed by atoms with Gasteiger partial charge in [0.1, 0.15) is 5.75 Å². The number of methoxy groups -OCH3 is 1. The maximum absolute atomic E-state index is 13.4. The minimum atomic E-state index is -0.411. The SMILES string of the molecule is COc1ccc2c(c1)C1=C(C2)c2nc(F)ccc2SC1. The molecule has 0 amide bonds. The maximum Gasteiger partial charge on any atom is 0.213 e. The quantitative estimate of drug-likeness (QED) is 0.744. The molecule has 1 aliphatic heterocycles. The third kappa shape index (κ3) is 1.68. The summed E-state index contributed by atoms with van der Waals surface area (Å²) in [5, 5.41) is 0. The van der Waals surface area contributed by atoms with Crippen molar-refractivity contribution in [3.05, 3.63) is 53.1 Å². The number of halogens is 1. The van der Waals surface area contributed by atoms with E-state index in [-0.39, 0.29) is 0 Å². The zero-order valence-corrected chi connectivity index (χ0v) is 11.8. The van der Waals surface area contributed by atoms with E-state index in [0.29, 0.717) is 0 Å². The number of hydrogen-bond donors (Lipinski definition) is 0. The Kier molecular flexibility index (Phi) is 2.60. The molecule has 0 unspecified atom stereocenters. The molecule has 0 spiro atoms. The van der Waals surface area contributed by atoms with Crippen molar-refractivity contribution in [3.8, 4) is 5.75 Å². The molecule has 2 heterocycles. The van der Waals surface area contributed by atoms with Gasteiger partial charge in [0.05, 0.1) is 12.8 Å². The summed E-state index contributed by atoms with van der Waals surface area (Å²) >= 11 is 1.72. The summed E-state index contributed by atoms with van der Waals surface area (Å²) in [6.07, 6.45) is 0.832. The second-order valence-corrected chi connectivity index (χ2v) is 5.94. The zero-order valence-electron chi connectivity index (χ0n) is 10.9. The van der Waals surface area contributed by atoms with Crippen molar-refractivity contribution < 1.29 is 9.13 Å². The first-order valence-corrected chi connectivity index (χ1v) is 7.44. The van der Waals surface area contributed by atoms with E-state index in [1.165, 1.54) is 28.3 Å². The van der Waals surface area contributed by atoms with E-state index in [0.717, 1.165) is 28.5 Å². The Morgan fingerprint density at radius 2 is 2.10 bits per heavy atom. The van der Waals surface area contributed by atoms with Gasteiger partial charge in [0.25, 0.3) is 0 Å². The molecule has 1 aromatic carbocycles. The lowest BCUT2D eigenvalue weighted by atomic mass is 10.1. The van der Waals surface area contributed by atoms with Crippen LogP contribution in [0, 0.1) is 5.95 Å². The summed E-state index contributed by atoms with van der Waals surface area (Å²) in [5.74, 6) is 1.36. The van der Waals surface area contributed by atoms with Crippen LogP contribution in [0.5, 0.6) is 5.75 Å². The minimum Gasteiger partial charge on any atom is -0.497 e. The third-order valence-corrected chi connectivity index (χ3v) is 4.93. The van der Waals surface area contributed by atoms with Gasteiger partial charge in [-0.3, -0.25) is 0 Å². The molecule has 4 heteroatoms. The van der Waals surface area contributed by atoms with Crippen LogP contribution < -0.4 is 4.74 Å². The number of ether oxygens (including phenoxy) is 1. The fraction of sp³-hybridized carbons (Fsp3) is 0.188. The van der Waals surface area contributed by atoms with Crippen LogP contribution in [-0.2, 0) is 6.42 Å². The highest BCUT2D eigenvalue weighted by Crippen LogP contribution is 2.47. The average molecular weight is 285 g/mol. The van der Waals surface area contributed by atoms with E-state index < -0.39 is 5.95 Å². The zero-order chi connectivity index (χ0) is 13.7. The molecular formula is C16H12FNOS. The van der Waals surface area contributed by atoms with Crippen LogP contribution in [0.25, 0.3) is 11.1 Å². The van der Waals surface area contributed by atoms with Gasteiger partial charge in [0.15, 0.2) is 0 Å². The van der Waals surface area contributed by atoms with Crippen molar-refractivity contribution in [2.24, 2.45) is 0 Å². The second-order valence-electron chi connectivity index (χ2n) is 4.93. The lowest BCUT2D eigenvalue weighted by Crippen LogP contribution is -2.02. The fourth-order valence-corrected chi connectivity index (χ4v) is 3.97. The minimum absolute atomic E-state index is 0.411. The van der Waals surface area contributed by atoms with Gasteiger partial charge in [-0.1, -0.05) is 6.07 Å². The molecule has 100 valence electrons. The summed E-state index contributed by atoms with van der Waals surface area (Å²) < 4.78 is 18.7. The van der Waals surface area contributed by atoms with Crippen molar-refractivity contribution in [1.82, 2.24) is 4.98 Å². The van der Waals surface area contributed by atoms with Crippen LogP contribution in [0.4, 0.5) is 4.39 Å². The molecule has 2 aliphatic rings. The van der Waals surface area contributed by atoms with Crippen LogP contribution in [0.3, 0.4) is 0 Å². The van der Waals surface area contributed by atoms with Crippen molar-refractivity contribution in [2.75, 3.05) is 12.9 Å². The van der Waals surface area contributed by atoms with Gasteiger partial charge in [0.2, 0.25) is 5.95 Å². The van der Waals surface area contributed by atoms with Gasteiger partial charge in [-0.05, 0) is 46.5 Å². The predicted octanol–water partition coefficient (Wildman–Crippen LogP) is 3.80. The number of nitrogens with zero attached hydrogens (tertiary/aromatic N) is 1. The van der Waals surface area contributed by atoms with Crippen LogP contribution >= 0.6 is 11.8 Å². The molecule has 20 heavy (non-hydrogen) atoms. The highest BCUT2D eigenvalue weighted by molar-refractivity contribution is 7.99. The van der Waals surface area contributed by atoms with Crippen molar-refractivity contribution in [3.63, 3.8) is 0 Å². The number of aromatic nitrogens is 1. The summed E-state index contributed by atoms with van der Waals surface area (Å²) in [7, 11) is 1.67. The molecule has 4 rings (SSSR count). The Balaban J connectivity index is 1.89. The number of benzene rings is 1. The number of rotatable bonds is 1. The highest BCUT2D eigenvalue weighted by Gasteiger charge is 2.29. The lowest BCUT2D eigenvalue weighted by Gasteiger charge is -2.17. The van der Waals surface area contributed by atoms with E-state index >= 15 is 0 Å². The van der Waals surface area contributed by atoms with Crippen molar-refractivity contribution in [1.29, 1.82) is 0 Å². The van der Waals surface area contributed by atoms with Crippen molar-refractivity contribution in [2.45, 2.75) is 11.3 Å². The summed E-state index contributed by atoms with van der Waals surface area (Å²) in [5.41, 5.74) is 5.75. The van der Waals surface area contributed by atoms with E-state index in [1.807, 2.05) is 12.1 Å². The van der Waals surface area contributed by atoms with E-state index in [1.54, 1.807) is 18.9 Å². The molecule has 1 aromatic heterocycles. The molecule has 2 nitrogen and oxygen atoms in total. The topological polar surface area (TPSA) is 22.1 Å². The summed E-state index contributed by atoms with van der Waals surface area (Å²) in [6, 6.07) is 9.40. The van der Waals surface area contributed by atoms with Crippen LogP contribution in [0.15, 0.2) is 35.2 Å². The van der Waals surface area contributed by atoms with Gasteiger partial charge >= 0.3 is 0 Å². The first-order valence-electron chi connectivity index (χ1n) is 6.45. The maximum atomic E-state index is 13.4. The van der Waals surface area contributed by atoms with Crippen LogP contribution in [0.1, 0.15) is 16.8 Å². The van der Waals surface area contributed by atoms with Crippen LogP contribution in [-0.4, -0.2) is 17.8 Å². The fourth-order valence-electron chi connectivity index (χ4n) is 2.87. The van der Waals surface area contributed by atoms with Gasteiger partial charge in [0, 0.05) is 17.1 Å². The molecule has 0 saturated heterocycles.